The molecule has 2 rings (SSSR count). The Labute approximate surface area is 126 Å². The largest absolute Gasteiger partial charge is 0.494 e. The van der Waals surface area contributed by atoms with Gasteiger partial charge in [-0.05, 0) is 31.0 Å². The monoisotopic (exact) mass is 288 g/mol. The summed E-state index contributed by atoms with van der Waals surface area (Å²) in [6.07, 6.45) is 2.77. The fourth-order valence-corrected chi connectivity index (χ4v) is 1.95. The topological polar surface area (TPSA) is 47.3 Å². The Kier molecular flexibility index (Phi) is 5.81. The fraction of sp³-hybridized carbons (Fsp3) is 0.471. The summed E-state index contributed by atoms with van der Waals surface area (Å²) in [5, 5.41) is 3.32. The first-order valence-corrected chi connectivity index (χ1v) is 7.57. The third-order valence-electron chi connectivity index (χ3n) is 2.97. The van der Waals surface area contributed by atoms with Crippen molar-refractivity contribution < 1.29 is 9.15 Å². The predicted molar refractivity (Wildman–Crippen MR) is 84.3 cm³/mol. The van der Waals surface area contributed by atoms with Gasteiger partial charge in [-0.15, -0.1) is 0 Å². The summed E-state index contributed by atoms with van der Waals surface area (Å²) in [6, 6.07) is 7.92. The van der Waals surface area contributed by atoms with Gasteiger partial charge < -0.3 is 14.5 Å². The van der Waals surface area contributed by atoms with Crippen LogP contribution in [0.2, 0.25) is 0 Å². The maximum atomic E-state index is 5.78. The summed E-state index contributed by atoms with van der Waals surface area (Å²) < 4.78 is 11.4. The van der Waals surface area contributed by atoms with Crippen molar-refractivity contribution in [2.45, 2.75) is 33.7 Å². The van der Waals surface area contributed by atoms with Gasteiger partial charge >= 0.3 is 0 Å². The number of aromatic nitrogens is 1. The fourth-order valence-electron chi connectivity index (χ4n) is 1.95. The molecule has 0 aliphatic carbocycles. The minimum absolute atomic E-state index is 0.617. The predicted octanol–water partition coefficient (Wildman–Crippen LogP) is 3.88. The third kappa shape index (κ3) is 4.90. The molecule has 0 aliphatic heterocycles. The van der Waals surface area contributed by atoms with Crippen molar-refractivity contribution >= 4 is 0 Å². The molecule has 0 saturated heterocycles. The molecule has 21 heavy (non-hydrogen) atoms. The molecule has 2 aromatic rings. The van der Waals surface area contributed by atoms with Crippen LogP contribution >= 0.6 is 0 Å². The molecule has 0 radical (unpaired) electrons. The number of oxazole rings is 1. The summed E-state index contributed by atoms with van der Waals surface area (Å²) in [5.74, 6) is 2.97. The lowest BCUT2D eigenvalue weighted by Gasteiger charge is -2.05. The van der Waals surface area contributed by atoms with E-state index in [-0.39, 0.29) is 0 Å². The Hall–Kier alpha value is -1.81. The zero-order valence-electron chi connectivity index (χ0n) is 13.1. The van der Waals surface area contributed by atoms with Gasteiger partial charge in [0.05, 0.1) is 19.3 Å². The second-order valence-corrected chi connectivity index (χ2v) is 5.52. The number of rotatable bonds is 8. The van der Waals surface area contributed by atoms with Gasteiger partial charge in [0.25, 0.3) is 0 Å². The highest BCUT2D eigenvalue weighted by molar-refractivity contribution is 5.58. The molecule has 0 saturated carbocycles. The zero-order valence-corrected chi connectivity index (χ0v) is 13.1. The van der Waals surface area contributed by atoms with Crippen LogP contribution in [0.3, 0.4) is 0 Å². The van der Waals surface area contributed by atoms with Crippen molar-refractivity contribution in [2.75, 3.05) is 13.2 Å². The van der Waals surface area contributed by atoms with Crippen LogP contribution in [-0.4, -0.2) is 18.1 Å². The van der Waals surface area contributed by atoms with Crippen LogP contribution in [0.1, 0.15) is 33.1 Å². The van der Waals surface area contributed by atoms with Crippen molar-refractivity contribution in [3.63, 3.8) is 0 Å². The molecule has 4 nitrogen and oxygen atoms in total. The second kappa shape index (κ2) is 7.84. The molecule has 1 aromatic carbocycles. The van der Waals surface area contributed by atoms with Crippen LogP contribution in [0, 0.1) is 5.92 Å². The number of nitrogens with zero attached hydrogens (tertiary/aromatic N) is 1. The highest BCUT2D eigenvalue weighted by Gasteiger charge is 2.07. The van der Waals surface area contributed by atoms with Crippen LogP contribution in [-0.2, 0) is 6.54 Å². The summed E-state index contributed by atoms with van der Waals surface area (Å²) >= 11 is 0. The van der Waals surface area contributed by atoms with E-state index in [1.54, 1.807) is 6.20 Å². The molecule has 0 aliphatic rings. The Bertz CT molecular complexity index is 549. The Morgan fingerprint density at radius 1 is 1.33 bits per heavy atom. The maximum absolute atomic E-state index is 5.78. The van der Waals surface area contributed by atoms with Crippen LogP contribution in [0.5, 0.6) is 5.75 Å². The van der Waals surface area contributed by atoms with Crippen molar-refractivity contribution in [1.82, 2.24) is 10.3 Å². The van der Waals surface area contributed by atoms with Gasteiger partial charge in [-0.1, -0.05) is 32.9 Å². The van der Waals surface area contributed by atoms with Gasteiger partial charge in [0, 0.05) is 5.56 Å². The van der Waals surface area contributed by atoms with E-state index in [4.69, 9.17) is 9.15 Å². The summed E-state index contributed by atoms with van der Waals surface area (Å²) in [4.78, 5) is 4.31. The Morgan fingerprint density at radius 2 is 2.19 bits per heavy atom. The first-order chi connectivity index (χ1) is 10.2. The van der Waals surface area contributed by atoms with E-state index in [1.165, 1.54) is 0 Å². The summed E-state index contributed by atoms with van der Waals surface area (Å²) in [6.45, 7) is 8.79. The van der Waals surface area contributed by atoms with E-state index in [9.17, 15) is 0 Å². The average Bonchev–Trinajstić information content (AvgIpc) is 2.94. The molecule has 1 N–H and O–H groups in total. The van der Waals surface area contributed by atoms with E-state index in [2.05, 4.69) is 31.1 Å². The molecule has 0 unspecified atom stereocenters. The van der Waals surface area contributed by atoms with E-state index in [1.807, 2.05) is 24.3 Å². The highest BCUT2D eigenvalue weighted by atomic mass is 16.5. The highest BCUT2D eigenvalue weighted by Crippen LogP contribution is 2.24. The lowest BCUT2D eigenvalue weighted by molar-refractivity contribution is 0.317. The van der Waals surface area contributed by atoms with Crippen LogP contribution in [0.25, 0.3) is 11.3 Å². The number of benzene rings is 1. The SMILES string of the molecule is CCCOc1cccc(-c2cnc(CNCC(C)C)o2)c1. The smallest absolute Gasteiger partial charge is 0.208 e. The second-order valence-electron chi connectivity index (χ2n) is 5.52. The number of hydrogen-bond donors (Lipinski definition) is 1. The molecule has 114 valence electrons. The van der Waals surface area contributed by atoms with Gasteiger partial charge in [0.2, 0.25) is 5.89 Å². The molecule has 0 fully saturated rings. The number of nitrogens with one attached hydrogen (secondary N) is 1. The molecule has 4 heteroatoms. The van der Waals surface area contributed by atoms with Crippen molar-refractivity contribution in [2.24, 2.45) is 5.92 Å². The lowest BCUT2D eigenvalue weighted by Crippen LogP contribution is -2.18. The first kappa shape index (κ1) is 15.6. The molecule has 1 heterocycles. The molecule has 0 atom stereocenters. The quantitative estimate of drug-likeness (QED) is 0.801. The average molecular weight is 288 g/mol. The van der Waals surface area contributed by atoms with Crippen molar-refractivity contribution in [3.8, 4) is 17.1 Å². The van der Waals surface area contributed by atoms with E-state index in [0.717, 1.165) is 36.6 Å². The number of hydrogen-bond acceptors (Lipinski definition) is 4. The minimum Gasteiger partial charge on any atom is -0.494 e. The molecule has 0 spiro atoms. The van der Waals surface area contributed by atoms with E-state index < -0.39 is 0 Å². The van der Waals surface area contributed by atoms with Gasteiger partial charge in [0.15, 0.2) is 5.76 Å². The first-order valence-electron chi connectivity index (χ1n) is 7.57. The molecule has 0 amide bonds. The van der Waals surface area contributed by atoms with Crippen LogP contribution in [0.4, 0.5) is 0 Å². The summed E-state index contributed by atoms with van der Waals surface area (Å²) in [7, 11) is 0. The van der Waals surface area contributed by atoms with Crippen molar-refractivity contribution in [1.29, 1.82) is 0 Å². The van der Waals surface area contributed by atoms with Crippen LogP contribution < -0.4 is 10.1 Å². The standard InChI is InChI=1S/C17H24N2O2/c1-4-8-20-15-7-5-6-14(9-15)16-11-19-17(21-16)12-18-10-13(2)3/h5-7,9,11,13,18H,4,8,10,12H2,1-3H3. The van der Waals surface area contributed by atoms with Crippen molar-refractivity contribution in [3.05, 3.63) is 36.4 Å². The van der Waals surface area contributed by atoms with Gasteiger partial charge in [0.1, 0.15) is 5.75 Å². The van der Waals surface area contributed by atoms with Crippen LogP contribution in [0.15, 0.2) is 34.9 Å². The lowest BCUT2D eigenvalue weighted by atomic mass is 10.2. The summed E-state index contributed by atoms with van der Waals surface area (Å²) in [5.41, 5.74) is 0.992. The van der Waals surface area contributed by atoms with Gasteiger partial charge in [-0.25, -0.2) is 4.98 Å². The third-order valence-corrected chi connectivity index (χ3v) is 2.97. The number of ether oxygens (including phenoxy) is 1. The Morgan fingerprint density at radius 3 is 2.95 bits per heavy atom. The minimum atomic E-state index is 0.617. The molecule has 0 bridgehead atoms. The maximum Gasteiger partial charge on any atom is 0.208 e. The zero-order chi connectivity index (χ0) is 15.1. The Balaban J connectivity index is 2.00. The normalized spacial score (nSPS) is 11.0. The van der Waals surface area contributed by atoms with E-state index in [0.29, 0.717) is 18.4 Å². The molecular formula is C17H24N2O2. The molecule has 1 aromatic heterocycles. The van der Waals surface area contributed by atoms with Gasteiger partial charge in [-0.3, -0.25) is 0 Å². The molecular weight excluding hydrogens is 264 g/mol. The van der Waals surface area contributed by atoms with Gasteiger partial charge in [-0.2, -0.15) is 0 Å². The van der Waals surface area contributed by atoms with E-state index >= 15 is 0 Å².